The maximum absolute atomic E-state index is 11.6. The Bertz CT molecular complexity index is 1060. The van der Waals surface area contributed by atoms with Crippen LogP contribution in [0.15, 0.2) is 65.0 Å². The molecular weight excluding hydrogens is 408 g/mol. The van der Waals surface area contributed by atoms with Gasteiger partial charge in [0.05, 0.1) is 19.3 Å². The summed E-state index contributed by atoms with van der Waals surface area (Å²) in [5.74, 6) is 0.989. The van der Waals surface area contributed by atoms with Crippen molar-refractivity contribution in [2.24, 2.45) is 4.99 Å². The minimum Gasteiger partial charge on any atom is -0.497 e. The van der Waals surface area contributed by atoms with Gasteiger partial charge in [0.25, 0.3) is 0 Å². The van der Waals surface area contributed by atoms with Crippen LogP contribution in [0.4, 0.5) is 5.69 Å². The van der Waals surface area contributed by atoms with E-state index in [2.05, 4.69) is 39.1 Å². The van der Waals surface area contributed by atoms with Crippen molar-refractivity contribution in [1.29, 1.82) is 0 Å². The molecule has 1 saturated heterocycles. The molecule has 1 aromatic heterocycles. The van der Waals surface area contributed by atoms with E-state index in [0.29, 0.717) is 0 Å². The fourth-order valence-corrected chi connectivity index (χ4v) is 4.64. The van der Waals surface area contributed by atoms with Gasteiger partial charge < -0.3 is 14.2 Å². The lowest BCUT2D eigenvalue weighted by Gasteiger charge is -2.34. The predicted molar refractivity (Wildman–Crippen MR) is 124 cm³/mol. The molecule has 1 aliphatic rings. The molecule has 1 amide bonds. The van der Waals surface area contributed by atoms with Crippen LogP contribution in [0.2, 0.25) is 0 Å². The van der Waals surface area contributed by atoms with Crippen molar-refractivity contribution in [2.45, 2.75) is 20.0 Å². The van der Waals surface area contributed by atoms with Gasteiger partial charge in [-0.25, -0.2) is 4.99 Å². The molecule has 1 fully saturated rings. The molecule has 7 heteroatoms. The van der Waals surface area contributed by atoms with Crippen molar-refractivity contribution >= 4 is 22.9 Å². The first kappa shape index (κ1) is 21.3. The van der Waals surface area contributed by atoms with E-state index in [1.54, 1.807) is 25.4 Å². The number of benzene rings is 2. The number of thiazole rings is 1. The zero-order chi connectivity index (χ0) is 21.6. The summed E-state index contributed by atoms with van der Waals surface area (Å²) in [6.07, 6.45) is 0. The minimum absolute atomic E-state index is 0.162. The third-order valence-corrected chi connectivity index (χ3v) is 6.47. The van der Waals surface area contributed by atoms with E-state index in [1.807, 2.05) is 35.2 Å². The Balaban J connectivity index is 1.60. The van der Waals surface area contributed by atoms with Crippen LogP contribution in [0, 0.1) is 0 Å². The quantitative estimate of drug-likeness (QED) is 0.594. The van der Waals surface area contributed by atoms with Gasteiger partial charge in [-0.1, -0.05) is 30.3 Å². The van der Waals surface area contributed by atoms with Crippen molar-refractivity contribution in [3.63, 3.8) is 0 Å². The second kappa shape index (κ2) is 9.94. The monoisotopic (exact) mass is 436 g/mol. The number of carbonyl (C=O) groups excluding carboxylic acids is 1. The van der Waals surface area contributed by atoms with Gasteiger partial charge in [-0.15, -0.1) is 11.3 Å². The van der Waals surface area contributed by atoms with Crippen molar-refractivity contribution in [1.82, 2.24) is 14.4 Å². The molecule has 0 radical (unpaired) electrons. The number of amides is 1. The number of aromatic nitrogens is 1. The van der Waals surface area contributed by atoms with E-state index in [9.17, 15) is 4.79 Å². The number of rotatable bonds is 6. The van der Waals surface area contributed by atoms with Crippen LogP contribution in [-0.4, -0.2) is 53.6 Å². The van der Waals surface area contributed by atoms with Crippen molar-refractivity contribution in [3.05, 3.63) is 76.0 Å². The molecule has 162 valence electrons. The molecule has 0 atom stereocenters. The maximum Gasteiger partial charge on any atom is 0.219 e. The van der Waals surface area contributed by atoms with Crippen LogP contribution in [0.3, 0.4) is 0 Å². The first-order chi connectivity index (χ1) is 15.1. The van der Waals surface area contributed by atoms with Crippen LogP contribution >= 0.6 is 11.3 Å². The van der Waals surface area contributed by atoms with Gasteiger partial charge in [0.15, 0.2) is 4.80 Å². The number of piperazine rings is 1. The molecule has 1 aliphatic heterocycles. The van der Waals surface area contributed by atoms with Gasteiger partial charge in [-0.2, -0.15) is 0 Å². The van der Waals surface area contributed by atoms with E-state index in [-0.39, 0.29) is 5.91 Å². The van der Waals surface area contributed by atoms with Gasteiger partial charge in [-0.05, 0) is 29.8 Å². The molecule has 31 heavy (non-hydrogen) atoms. The van der Waals surface area contributed by atoms with Crippen LogP contribution in [0.25, 0.3) is 0 Å². The van der Waals surface area contributed by atoms with E-state index in [0.717, 1.165) is 55.5 Å². The van der Waals surface area contributed by atoms with Crippen molar-refractivity contribution in [2.75, 3.05) is 33.3 Å². The summed E-state index contributed by atoms with van der Waals surface area (Å²) >= 11 is 1.67. The van der Waals surface area contributed by atoms with Crippen LogP contribution < -0.4 is 9.54 Å². The highest BCUT2D eigenvalue weighted by atomic mass is 32.1. The number of carbonyl (C=O) groups is 1. The fourth-order valence-electron chi connectivity index (χ4n) is 3.73. The van der Waals surface area contributed by atoms with E-state index in [4.69, 9.17) is 9.73 Å². The second-order valence-electron chi connectivity index (χ2n) is 7.67. The fraction of sp³-hybridized carbons (Fsp3) is 0.333. The normalized spacial score (nSPS) is 15.3. The lowest BCUT2D eigenvalue weighted by molar-refractivity contribution is -0.130. The van der Waals surface area contributed by atoms with Gasteiger partial charge in [-0.3, -0.25) is 9.69 Å². The molecule has 0 spiro atoms. The summed E-state index contributed by atoms with van der Waals surface area (Å²) in [6, 6.07) is 18.3. The van der Waals surface area contributed by atoms with E-state index in [1.165, 1.54) is 11.3 Å². The third-order valence-electron chi connectivity index (χ3n) is 5.56. The Hall–Kier alpha value is -2.90. The van der Waals surface area contributed by atoms with E-state index < -0.39 is 0 Å². The molecule has 2 heterocycles. The number of hydrogen-bond donors (Lipinski definition) is 0. The molecule has 2 aromatic carbocycles. The number of methoxy groups -OCH3 is 1. The Morgan fingerprint density at radius 3 is 2.35 bits per heavy atom. The summed E-state index contributed by atoms with van der Waals surface area (Å²) < 4.78 is 7.57. The molecule has 0 N–H and O–H groups in total. The van der Waals surface area contributed by atoms with Crippen LogP contribution in [0.1, 0.15) is 18.2 Å². The highest BCUT2D eigenvalue weighted by Gasteiger charge is 2.20. The Morgan fingerprint density at radius 1 is 1.00 bits per heavy atom. The SMILES string of the molecule is COc1ccc(N=c2scc(CN3CCN(C(C)=O)CC3)n2Cc2ccccc2)cc1. The summed E-state index contributed by atoms with van der Waals surface area (Å²) in [7, 11) is 1.67. The van der Waals surface area contributed by atoms with Gasteiger partial charge >= 0.3 is 0 Å². The molecule has 3 aromatic rings. The summed E-state index contributed by atoms with van der Waals surface area (Å²) in [4.78, 5) is 21.9. The molecule has 6 nitrogen and oxygen atoms in total. The number of ether oxygens (including phenoxy) is 1. The smallest absolute Gasteiger partial charge is 0.219 e. The largest absolute Gasteiger partial charge is 0.497 e. The van der Waals surface area contributed by atoms with Crippen molar-refractivity contribution < 1.29 is 9.53 Å². The van der Waals surface area contributed by atoms with Gasteiger partial charge in [0.2, 0.25) is 5.91 Å². The van der Waals surface area contributed by atoms with Crippen LogP contribution in [-0.2, 0) is 17.9 Å². The summed E-state index contributed by atoms with van der Waals surface area (Å²) in [5.41, 5.74) is 3.41. The molecule has 0 unspecified atom stereocenters. The number of nitrogens with zero attached hydrogens (tertiary/aromatic N) is 4. The standard InChI is InChI=1S/C24H28N4O2S/c1-19(29)27-14-12-26(13-15-27)17-22-18-31-24(25-21-8-10-23(30-2)11-9-21)28(22)16-20-6-4-3-5-7-20/h3-11,18H,12-17H2,1-2H3. The van der Waals surface area contributed by atoms with Crippen molar-refractivity contribution in [3.8, 4) is 5.75 Å². The zero-order valence-electron chi connectivity index (χ0n) is 18.0. The Morgan fingerprint density at radius 2 is 1.71 bits per heavy atom. The summed E-state index contributed by atoms with van der Waals surface area (Å²) in [5, 5.41) is 2.21. The first-order valence-corrected chi connectivity index (χ1v) is 11.4. The summed E-state index contributed by atoms with van der Waals surface area (Å²) in [6.45, 7) is 6.66. The maximum atomic E-state index is 11.6. The zero-order valence-corrected chi connectivity index (χ0v) is 18.8. The molecule has 4 rings (SSSR count). The van der Waals surface area contributed by atoms with Crippen LogP contribution in [0.5, 0.6) is 5.75 Å². The average Bonchev–Trinajstić information content (AvgIpc) is 3.16. The van der Waals surface area contributed by atoms with Gasteiger partial charge in [0, 0.05) is 50.7 Å². The average molecular weight is 437 g/mol. The minimum atomic E-state index is 0.162. The highest BCUT2D eigenvalue weighted by Crippen LogP contribution is 2.18. The first-order valence-electron chi connectivity index (χ1n) is 10.5. The number of hydrogen-bond acceptors (Lipinski definition) is 5. The molecular formula is C24H28N4O2S. The van der Waals surface area contributed by atoms with Gasteiger partial charge in [0.1, 0.15) is 5.75 Å². The second-order valence-corrected chi connectivity index (χ2v) is 8.51. The Labute approximate surface area is 187 Å². The molecule has 0 saturated carbocycles. The molecule has 0 aliphatic carbocycles. The lowest BCUT2D eigenvalue weighted by atomic mass is 10.2. The Kier molecular flexibility index (Phi) is 6.84. The highest BCUT2D eigenvalue weighted by molar-refractivity contribution is 7.07. The third kappa shape index (κ3) is 5.42. The predicted octanol–water partition coefficient (Wildman–Crippen LogP) is 3.50. The lowest BCUT2D eigenvalue weighted by Crippen LogP contribution is -2.47. The molecule has 0 bridgehead atoms. The topological polar surface area (TPSA) is 50.1 Å². The van der Waals surface area contributed by atoms with E-state index >= 15 is 0 Å².